The third-order valence-electron chi connectivity index (χ3n) is 2.43. The van der Waals surface area contributed by atoms with Gasteiger partial charge in [0.25, 0.3) is 0 Å². The van der Waals surface area contributed by atoms with Crippen LogP contribution >= 0.6 is 0 Å². The van der Waals surface area contributed by atoms with Gasteiger partial charge in [0.15, 0.2) is 0 Å². The Morgan fingerprint density at radius 3 is 2.89 bits per heavy atom. The van der Waals surface area contributed by atoms with Gasteiger partial charge in [-0.2, -0.15) is 0 Å². The minimum absolute atomic E-state index is 0.182. The Morgan fingerprint density at radius 1 is 1.39 bits per heavy atom. The van der Waals surface area contributed by atoms with Crippen LogP contribution in [0.5, 0.6) is 0 Å². The van der Waals surface area contributed by atoms with E-state index in [9.17, 15) is 9.18 Å². The number of aromatic amines is 1. The summed E-state index contributed by atoms with van der Waals surface area (Å²) in [5, 5.41) is 5.60. The van der Waals surface area contributed by atoms with E-state index in [1.165, 1.54) is 19.1 Å². The lowest BCUT2D eigenvalue weighted by atomic mass is 10.2. The molecule has 2 rings (SSSR count). The van der Waals surface area contributed by atoms with Gasteiger partial charge in [0.05, 0.1) is 5.69 Å². The van der Waals surface area contributed by atoms with Gasteiger partial charge in [-0.05, 0) is 29.8 Å². The molecular formula is C13H14FN3O. The molecule has 0 aliphatic heterocycles. The number of H-pyrrole nitrogens is 1. The summed E-state index contributed by atoms with van der Waals surface area (Å²) in [6.45, 7) is 1.93. The van der Waals surface area contributed by atoms with Gasteiger partial charge in [-0.25, -0.2) is 4.39 Å². The fourth-order valence-corrected chi connectivity index (χ4v) is 1.61. The standard InChI is InChI=1S/C13H14FN3O/c1-9(18)17-11-2-3-12(14)13(6-11)16-8-10-4-5-15-7-10/h2-7,15-16H,8H2,1H3,(H,17,18). The first-order chi connectivity index (χ1) is 8.65. The first-order valence-electron chi connectivity index (χ1n) is 5.58. The number of halogens is 1. The van der Waals surface area contributed by atoms with Crippen LogP contribution in [0, 0.1) is 5.82 Å². The topological polar surface area (TPSA) is 56.9 Å². The monoisotopic (exact) mass is 247 g/mol. The Bertz CT molecular complexity index is 537. The second-order valence-electron chi connectivity index (χ2n) is 3.95. The molecule has 0 fully saturated rings. The smallest absolute Gasteiger partial charge is 0.221 e. The molecular weight excluding hydrogens is 233 g/mol. The fraction of sp³-hybridized carbons (Fsp3) is 0.154. The van der Waals surface area contributed by atoms with Crippen molar-refractivity contribution < 1.29 is 9.18 Å². The highest BCUT2D eigenvalue weighted by molar-refractivity contribution is 5.89. The average molecular weight is 247 g/mol. The quantitative estimate of drug-likeness (QED) is 0.778. The fourth-order valence-electron chi connectivity index (χ4n) is 1.61. The van der Waals surface area contributed by atoms with Crippen molar-refractivity contribution in [2.75, 3.05) is 10.6 Å². The molecule has 0 unspecified atom stereocenters. The first-order valence-corrected chi connectivity index (χ1v) is 5.58. The molecule has 1 amide bonds. The van der Waals surface area contributed by atoms with Crippen LogP contribution in [0.25, 0.3) is 0 Å². The van der Waals surface area contributed by atoms with Crippen LogP contribution in [0.2, 0.25) is 0 Å². The number of amides is 1. The zero-order chi connectivity index (χ0) is 13.0. The molecule has 4 nitrogen and oxygen atoms in total. The molecule has 0 saturated heterocycles. The number of hydrogen-bond donors (Lipinski definition) is 3. The molecule has 5 heteroatoms. The van der Waals surface area contributed by atoms with Gasteiger partial charge in [0, 0.05) is 31.5 Å². The van der Waals surface area contributed by atoms with Gasteiger partial charge in [0.2, 0.25) is 5.91 Å². The van der Waals surface area contributed by atoms with E-state index in [-0.39, 0.29) is 11.7 Å². The van der Waals surface area contributed by atoms with E-state index >= 15 is 0 Å². The van der Waals surface area contributed by atoms with Crippen molar-refractivity contribution in [2.45, 2.75) is 13.5 Å². The lowest BCUT2D eigenvalue weighted by molar-refractivity contribution is -0.114. The highest BCUT2D eigenvalue weighted by Gasteiger charge is 2.04. The third kappa shape index (κ3) is 3.10. The maximum Gasteiger partial charge on any atom is 0.221 e. The summed E-state index contributed by atoms with van der Waals surface area (Å²) in [5.74, 6) is -0.530. The van der Waals surface area contributed by atoms with Crippen LogP contribution in [-0.4, -0.2) is 10.9 Å². The molecule has 0 aliphatic rings. The molecule has 18 heavy (non-hydrogen) atoms. The van der Waals surface area contributed by atoms with Crippen molar-refractivity contribution >= 4 is 17.3 Å². The van der Waals surface area contributed by atoms with Gasteiger partial charge < -0.3 is 15.6 Å². The predicted octanol–water partition coefficient (Wildman–Crippen LogP) is 2.72. The maximum absolute atomic E-state index is 13.6. The van der Waals surface area contributed by atoms with Gasteiger partial charge in [-0.1, -0.05) is 0 Å². The summed E-state index contributed by atoms with van der Waals surface area (Å²) in [6, 6.07) is 6.33. The first kappa shape index (κ1) is 12.2. The highest BCUT2D eigenvalue weighted by atomic mass is 19.1. The summed E-state index contributed by atoms with van der Waals surface area (Å²) in [7, 11) is 0. The number of carbonyl (C=O) groups excluding carboxylic acids is 1. The highest BCUT2D eigenvalue weighted by Crippen LogP contribution is 2.20. The average Bonchev–Trinajstić information content (AvgIpc) is 2.82. The number of rotatable bonds is 4. The SMILES string of the molecule is CC(=O)Nc1ccc(F)c(NCc2cc[nH]c2)c1. The van der Waals surface area contributed by atoms with Crippen molar-refractivity contribution in [2.24, 2.45) is 0 Å². The molecule has 94 valence electrons. The zero-order valence-electron chi connectivity index (χ0n) is 9.96. The molecule has 1 aromatic carbocycles. The summed E-state index contributed by atoms with van der Waals surface area (Å²) in [4.78, 5) is 13.9. The minimum atomic E-state index is -0.348. The van der Waals surface area contributed by atoms with Gasteiger partial charge in [-0.3, -0.25) is 4.79 Å². The molecule has 0 spiro atoms. The van der Waals surface area contributed by atoms with Crippen molar-refractivity contribution in [1.82, 2.24) is 4.98 Å². The van der Waals surface area contributed by atoms with Gasteiger partial charge >= 0.3 is 0 Å². The van der Waals surface area contributed by atoms with Crippen molar-refractivity contribution in [1.29, 1.82) is 0 Å². The predicted molar refractivity (Wildman–Crippen MR) is 68.8 cm³/mol. The van der Waals surface area contributed by atoms with Crippen LogP contribution in [0.4, 0.5) is 15.8 Å². The Kier molecular flexibility index (Phi) is 3.62. The summed E-state index contributed by atoms with van der Waals surface area (Å²) >= 11 is 0. The Labute approximate surface area is 104 Å². The van der Waals surface area contributed by atoms with Crippen LogP contribution in [0.1, 0.15) is 12.5 Å². The second kappa shape index (κ2) is 5.35. The van der Waals surface area contributed by atoms with E-state index in [1.54, 1.807) is 12.3 Å². The molecule has 0 saturated carbocycles. The molecule has 0 atom stereocenters. The lowest BCUT2D eigenvalue weighted by Gasteiger charge is -2.09. The Morgan fingerprint density at radius 2 is 2.22 bits per heavy atom. The van der Waals surface area contributed by atoms with E-state index in [1.807, 2.05) is 12.3 Å². The van der Waals surface area contributed by atoms with E-state index in [4.69, 9.17) is 0 Å². The Balaban J connectivity index is 2.08. The lowest BCUT2D eigenvalue weighted by Crippen LogP contribution is -2.07. The molecule has 0 aliphatic carbocycles. The molecule has 3 N–H and O–H groups in total. The number of hydrogen-bond acceptors (Lipinski definition) is 2. The second-order valence-corrected chi connectivity index (χ2v) is 3.95. The minimum Gasteiger partial charge on any atom is -0.378 e. The van der Waals surface area contributed by atoms with Crippen LogP contribution < -0.4 is 10.6 Å². The van der Waals surface area contributed by atoms with E-state index < -0.39 is 0 Å². The van der Waals surface area contributed by atoms with Crippen LogP contribution in [-0.2, 0) is 11.3 Å². The van der Waals surface area contributed by atoms with Crippen LogP contribution in [0.15, 0.2) is 36.7 Å². The largest absolute Gasteiger partial charge is 0.378 e. The van der Waals surface area contributed by atoms with Crippen LogP contribution in [0.3, 0.4) is 0 Å². The van der Waals surface area contributed by atoms with Crippen molar-refractivity contribution in [3.63, 3.8) is 0 Å². The summed E-state index contributed by atoms with van der Waals surface area (Å²) in [6.07, 6.45) is 3.64. The van der Waals surface area contributed by atoms with Crippen molar-refractivity contribution in [3.8, 4) is 0 Å². The normalized spacial score (nSPS) is 10.1. The number of nitrogens with one attached hydrogen (secondary N) is 3. The summed E-state index contributed by atoms with van der Waals surface area (Å²) < 4.78 is 13.6. The van der Waals surface area contributed by atoms with E-state index in [2.05, 4.69) is 15.6 Å². The number of aromatic nitrogens is 1. The molecule has 1 heterocycles. The van der Waals surface area contributed by atoms with E-state index in [0.29, 0.717) is 17.9 Å². The molecule has 0 radical (unpaired) electrons. The van der Waals surface area contributed by atoms with Gasteiger partial charge in [0.1, 0.15) is 5.82 Å². The van der Waals surface area contributed by atoms with Gasteiger partial charge in [-0.15, -0.1) is 0 Å². The molecule has 0 bridgehead atoms. The number of anilines is 2. The molecule has 2 aromatic rings. The van der Waals surface area contributed by atoms with E-state index in [0.717, 1.165) is 5.56 Å². The summed E-state index contributed by atoms with van der Waals surface area (Å²) in [5.41, 5.74) is 1.96. The zero-order valence-corrected chi connectivity index (χ0v) is 9.96. The number of carbonyl (C=O) groups is 1. The maximum atomic E-state index is 13.6. The third-order valence-corrected chi connectivity index (χ3v) is 2.43. The number of benzene rings is 1. The van der Waals surface area contributed by atoms with Crippen molar-refractivity contribution in [3.05, 3.63) is 48.0 Å². The Hall–Kier alpha value is -2.30. The molecule has 1 aromatic heterocycles.